The van der Waals surface area contributed by atoms with Crippen LogP contribution in [-0.4, -0.2) is 0 Å². The van der Waals surface area contributed by atoms with Crippen LogP contribution in [0.3, 0.4) is 0 Å². The third kappa shape index (κ3) is 8.00. The van der Waals surface area contributed by atoms with E-state index in [0.29, 0.717) is 5.92 Å². The van der Waals surface area contributed by atoms with E-state index >= 15 is 0 Å². The zero-order valence-electron chi connectivity index (χ0n) is 38.0. The van der Waals surface area contributed by atoms with Crippen LogP contribution in [0.1, 0.15) is 175 Å². The predicted octanol–water partition coefficient (Wildman–Crippen LogP) is 15.5. The quantitative estimate of drug-likeness (QED) is 0.166. The van der Waals surface area contributed by atoms with Crippen molar-refractivity contribution in [3.05, 3.63) is 140 Å². The van der Waals surface area contributed by atoms with Gasteiger partial charge in [-0.2, -0.15) is 0 Å². The highest BCUT2D eigenvalue weighted by Gasteiger charge is 2.39. The largest absolute Gasteiger partial charge is 0.0727 e. The Morgan fingerprint density at radius 3 is 1.18 bits per heavy atom. The van der Waals surface area contributed by atoms with E-state index in [1.54, 1.807) is 5.56 Å². The molecule has 1 atom stereocenters. The predicted molar refractivity (Wildman–Crippen MR) is 242 cm³/mol. The van der Waals surface area contributed by atoms with Crippen LogP contribution in [0.5, 0.6) is 0 Å². The average molecular weight is 733 g/mol. The van der Waals surface area contributed by atoms with Gasteiger partial charge in [0.15, 0.2) is 0 Å². The van der Waals surface area contributed by atoms with Gasteiger partial charge in [0.05, 0.1) is 0 Å². The number of rotatable bonds is 2. The highest BCUT2D eigenvalue weighted by atomic mass is 14.4. The molecule has 55 heavy (non-hydrogen) atoms. The molecule has 0 N–H and O–H groups in total. The van der Waals surface area contributed by atoms with Crippen LogP contribution in [0.4, 0.5) is 0 Å². The van der Waals surface area contributed by atoms with Crippen LogP contribution in [0.15, 0.2) is 90.0 Å². The Labute approximate surface area is 337 Å². The molecule has 3 aliphatic rings. The van der Waals surface area contributed by atoms with E-state index in [9.17, 15) is 0 Å². The minimum atomic E-state index is 0.0217. The minimum Gasteiger partial charge on any atom is -0.0727 e. The Morgan fingerprint density at radius 1 is 0.418 bits per heavy atom. The van der Waals surface area contributed by atoms with Crippen molar-refractivity contribution in [3.63, 3.8) is 0 Å². The van der Waals surface area contributed by atoms with Gasteiger partial charge in [-0.15, -0.1) is 0 Å². The molecule has 0 saturated heterocycles. The molecule has 7 rings (SSSR count). The molecular formula is C55H72. The summed E-state index contributed by atoms with van der Waals surface area (Å²) in [6, 6.07) is 26.3. The van der Waals surface area contributed by atoms with Gasteiger partial charge in [-0.3, -0.25) is 0 Å². The maximum atomic E-state index is 2.56. The smallest absolute Gasteiger partial charge is 0.00750 e. The van der Waals surface area contributed by atoms with Gasteiger partial charge in [0.25, 0.3) is 0 Å². The minimum absolute atomic E-state index is 0.0217. The van der Waals surface area contributed by atoms with Gasteiger partial charge in [0, 0.05) is 5.92 Å². The van der Waals surface area contributed by atoms with E-state index in [-0.39, 0.29) is 32.5 Å². The average Bonchev–Trinajstić information content (AvgIpc) is 3.75. The van der Waals surface area contributed by atoms with E-state index < -0.39 is 0 Å². The molecule has 0 saturated carbocycles. The summed E-state index contributed by atoms with van der Waals surface area (Å²) in [5, 5.41) is 0. The van der Waals surface area contributed by atoms with Crippen molar-refractivity contribution in [1.29, 1.82) is 0 Å². The van der Waals surface area contributed by atoms with Crippen LogP contribution in [0.25, 0.3) is 22.3 Å². The molecule has 4 aromatic rings. The fraction of sp³-hybridized carbons (Fsp3) is 0.491. The van der Waals surface area contributed by atoms with E-state index in [1.807, 2.05) is 0 Å². The number of allylic oxidation sites excluding steroid dienone is 4. The molecule has 0 spiro atoms. The monoisotopic (exact) mass is 733 g/mol. The molecule has 0 heterocycles. The topological polar surface area (TPSA) is 0 Å². The first-order chi connectivity index (χ1) is 25.1. The van der Waals surface area contributed by atoms with Gasteiger partial charge in [0.1, 0.15) is 0 Å². The molecule has 0 radical (unpaired) electrons. The van der Waals surface area contributed by atoms with Crippen molar-refractivity contribution in [2.45, 2.75) is 165 Å². The van der Waals surface area contributed by atoms with Crippen molar-refractivity contribution in [2.24, 2.45) is 11.3 Å². The second-order valence-electron chi connectivity index (χ2n) is 23.0. The fourth-order valence-corrected chi connectivity index (χ4v) is 8.96. The van der Waals surface area contributed by atoms with E-state index in [0.717, 1.165) is 12.8 Å². The summed E-state index contributed by atoms with van der Waals surface area (Å²) >= 11 is 0. The Kier molecular flexibility index (Phi) is 10.1. The standard InChI is InChI=1S/C34H46.C21H26/c1-21-15-24(32(5,6)7)19-29(21)34(11,12)30-20-25(33(8,9)10)18-27-26-17-23(31(2,3)4)14-13-22(26)16-28(27)30;1-20(2,3)16-9-7-14-11-15-8-10-17(21(4,5)6)13-19(15)18(14)12-16/h13-15,17-20,29H,16H2,1-12H3;7-10,12-13H,11H2,1-6H3. The summed E-state index contributed by atoms with van der Waals surface area (Å²) in [4.78, 5) is 0. The maximum absolute atomic E-state index is 2.56. The zero-order chi connectivity index (χ0) is 40.8. The van der Waals surface area contributed by atoms with Gasteiger partial charge < -0.3 is 0 Å². The molecule has 1 unspecified atom stereocenters. The summed E-state index contributed by atoms with van der Waals surface area (Å²) < 4.78 is 0. The molecule has 4 aromatic carbocycles. The molecule has 0 heteroatoms. The van der Waals surface area contributed by atoms with Crippen molar-refractivity contribution in [2.75, 3.05) is 0 Å². The van der Waals surface area contributed by atoms with Crippen molar-refractivity contribution >= 4 is 0 Å². The Bertz CT molecular complexity index is 2130. The van der Waals surface area contributed by atoms with Gasteiger partial charge in [0.2, 0.25) is 0 Å². The van der Waals surface area contributed by atoms with Crippen molar-refractivity contribution in [1.82, 2.24) is 0 Å². The summed E-state index contributed by atoms with van der Waals surface area (Å²) in [5.74, 6) is 0.426. The van der Waals surface area contributed by atoms with Gasteiger partial charge in [-0.05, 0) is 130 Å². The summed E-state index contributed by atoms with van der Waals surface area (Å²) in [7, 11) is 0. The third-order valence-electron chi connectivity index (χ3n) is 12.9. The van der Waals surface area contributed by atoms with E-state index in [2.05, 4.69) is 204 Å². The fourth-order valence-electron chi connectivity index (χ4n) is 8.96. The summed E-state index contributed by atoms with van der Waals surface area (Å²) in [5.41, 5.74) is 22.9. The van der Waals surface area contributed by atoms with Crippen LogP contribution < -0.4 is 0 Å². The lowest BCUT2D eigenvalue weighted by atomic mass is 9.68. The van der Waals surface area contributed by atoms with E-state index in [1.165, 1.54) is 77.9 Å². The molecule has 292 valence electrons. The van der Waals surface area contributed by atoms with Crippen LogP contribution in [0, 0.1) is 11.3 Å². The second kappa shape index (κ2) is 13.5. The number of hydrogen-bond acceptors (Lipinski definition) is 0. The first kappa shape index (κ1) is 41.0. The highest BCUT2D eigenvalue weighted by molar-refractivity contribution is 5.81. The third-order valence-corrected chi connectivity index (χ3v) is 12.9. The summed E-state index contributed by atoms with van der Waals surface area (Å²) in [6.45, 7) is 42.0. The SMILES string of the molecule is CC(C)(C)c1ccc2c(c1)-c1cc(C(C)(C)C)ccc1C2.CC1=CC(C(C)(C)C)=CC1C(C)(C)c1cc(C(C)(C)C)cc2c1Cc1ccc(C(C)(C)C)cc1-2. The van der Waals surface area contributed by atoms with Crippen LogP contribution in [0.2, 0.25) is 0 Å². The van der Waals surface area contributed by atoms with Crippen LogP contribution in [-0.2, 0) is 39.9 Å². The Morgan fingerprint density at radius 2 is 0.800 bits per heavy atom. The molecule has 3 aliphatic carbocycles. The Balaban J connectivity index is 0.000000209. The molecule has 0 aromatic heterocycles. The second-order valence-corrected chi connectivity index (χ2v) is 23.0. The highest BCUT2D eigenvalue weighted by Crippen LogP contribution is 2.51. The molecule has 0 nitrogen and oxygen atoms in total. The molecule has 0 amide bonds. The van der Waals surface area contributed by atoms with Gasteiger partial charge in [-0.25, -0.2) is 0 Å². The molecule has 0 fully saturated rings. The lowest BCUT2D eigenvalue weighted by Crippen LogP contribution is -2.29. The van der Waals surface area contributed by atoms with Gasteiger partial charge >= 0.3 is 0 Å². The van der Waals surface area contributed by atoms with Crippen molar-refractivity contribution < 1.29 is 0 Å². The maximum Gasteiger partial charge on any atom is 0.00750 e. The number of fused-ring (bicyclic) bond motifs is 6. The van der Waals surface area contributed by atoms with Crippen molar-refractivity contribution in [3.8, 4) is 22.3 Å². The normalized spacial score (nSPS) is 16.8. The number of benzene rings is 4. The van der Waals surface area contributed by atoms with Crippen LogP contribution >= 0.6 is 0 Å². The first-order valence-electron chi connectivity index (χ1n) is 21.1. The zero-order valence-corrected chi connectivity index (χ0v) is 38.0. The molecule has 0 bridgehead atoms. The lowest BCUT2D eigenvalue weighted by molar-refractivity contribution is 0.424. The molecular weight excluding hydrogens is 661 g/mol. The van der Waals surface area contributed by atoms with Gasteiger partial charge in [-0.1, -0.05) is 202 Å². The molecule has 0 aliphatic heterocycles. The summed E-state index contributed by atoms with van der Waals surface area (Å²) in [6.07, 6.45) is 7.14. The first-order valence-corrected chi connectivity index (χ1v) is 21.1. The number of hydrogen-bond donors (Lipinski definition) is 0. The lowest BCUT2D eigenvalue weighted by Gasteiger charge is -2.36. The van der Waals surface area contributed by atoms with E-state index in [4.69, 9.17) is 0 Å². The Hall–Kier alpha value is -3.64.